The van der Waals surface area contributed by atoms with Crippen LogP contribution in [0.2, 0.25) is 0 Å². The van der Waals surface area contributed by atoms with E-state index in [1.54, 1.807) is 21.6 Å². The fraction of sp³-hybridized carbons (Fsp3) is 0.786. The van der Waals surface area contributed by atoms with Crippen LogP contribution in [0.15, 0.2) is 12.1 Å². The van der Waals surface area contributed by atoms with Crippen molar-refractivity contribution in [1.82, 2.24) is 10.3 Å². The second kappa shape index (κ2) is 24.8. The molecule has 0 aliphatic rings. The fourth-order valence-corrected chi connectivity index (χ4v) is 6.33. The molecule has 1 aromatic rings. The van der Waals surface area contributed by atoms with E-state index in [0.29, 0.717) is 78.2 Å². The van der Waals surface area contributed by atoms with Crippen molar-refractivity contribution in [3.05, 3.63) is 23.5 Å². The summed E-state index contributed by atoms with van der Waals surface area (Å²) in [5.41, 5.74) is 0.449. The third kappa shape index (κ3) is 27.3. The maximum absolute atomic E-state index is 11.9. The summed E-state index contributed by atoms with van der Waals surface area (Å²) >= 11 is 0. The largest absolute Gasteiger partial charge is 0.491 e. The van der Waals surface area contributed by atoms with Crippen LogP contribution in [0, 0.1) is 0 Å². The Balaban J connectivity index is 2.02. The molecule has 1 amide bonds. The predicted octanol–water partition coefficient (Wildman–Crippen LogP) is 2.18. The zero-order chi connectivity index (χ0) is 35.0. The van der Waals surface area contributed by atoms with Crippen molar-refractivity contribution in [3.63, 3.8) is 0 Å². The van der Waals surface area contributed by atoms with Gasteiger partial charge in [0.15, 0.2) is 0 Å². The average molecular weight is 751 g/mol. The maximum Gasteiger partial charge on any atom is 0.264 e. The van der Waals surface area contributed by atoms with Gasteiger partial charge in [-0.15, -0.1) is 0 Å². The molecule has 47 heavy (non-hydrogen) atoms. The highest BCUT2D eigenvalue weighted by molar-refractivity contribution is 8.76. The summed E-state index contributed by atoms with van der Waals surface area (Å²) in [6, 6.07) is 2.97. The van der Waals surface area contributed by atoms with Gasteiger partial charge in [-0.05, 0) is 26.5 Å². The van der Waals surface area contributed by atoms with Gasteiger partial charge in [-0.2, -0.15) is 16.8 Å². The minimum Gasteiger partial charge on any atom is -0.491 e. The van der Waals surface area contributed by atoms with Crippen LogP contribution in [0.5, 0.6) is 5.75 Å². The molecule has 0 fully saturated rings. The summed E-state index contributed by atoms with van der Waals surface area (Å²) in [6.45, 7) is 8.16. The lowest BCUT2D eigenvalue weighted by molar-refractivity contribution is -0.121. The summed E-state index contributed by atoms with van der Waals surface area (Å²) in [7, 11) is -3.92. The van der Waals surface area contributed by atoms with Crippen LogP contribution < -0.4 is 10.1 Å². The molecule has 1 N–H and O–H groups in total. The molecule has 0 spiro atoms. The zero-order valence-corrected chi connectivity index (χ0v) is 31.1. The number of nitrogens with one attached hydrogen (secondary N) is 1. The van der Waals surface area contributed by atoms with Crippen LogP contribution >= 0.6 is 21.6 Å². The van der Waals surface area contributed by atoms with E-state index >= 15 is 0 Å². The van der Waals surface area contributed by atoms with Gasteiger partial charge in [0.25, 0.3) is 20.2 Å². The fourth-order valence-electron chi connectivity index (χ4n) is 3.42. The quantitative estimate of drug-likeness (QED) is 0.0685. The second-order valence-corrected chi connectivity index (χ2v) is 16.9. The van der Waals surface area contributed by atoms with E-state index in [1.807, 2.05) is 6.26 Å². The predicted molar refractivity (Wildman–Crippen MR) is 181 cm³/mol. The van der Waals surface area contributed by atoms with E-state index in [2.05, 4.69) is 24.1 Å². The minimum atomic E-state index is -3.70. The normalized spacial score (nSPS) is 12.4. The van der Waals surface area contributed by atoms with Gasteiger partial charge in [0.05, 0.1) is 90.0 Å². The first-order chi connectivity index (χ1) is 22.2. The van der Waals surface area contributed by atoms with Crippen LogP contribution in [0.3, 0.4) is 0 Å². The molecule has 0 unspecified atom stereocenters. The molecule has 0 aromatic carbocycles. The van der Waals surface area contributed by atoms with Crippen molar-refractivity contribution < 1.29 is 58.4 Å². The number of pyridine rings is 1. The lowest BCUT2D eigenvalue weighted by Crippen LogP contribution is -2.29. The number of aromatic nitrogens is 1. The van der Waals surface area contributed by atoms with E-state index in [-0.39, 0.29) is 48.5 Å². The first-order valence-corrected chi connectivity index (χ1v) is 21.1. The first-order valence-electron chi connectivity index (χ1n) is 14.9. The van der Waals surface area contributed by atoms with Crippen molar-refractivity contribution in [3.8, 4) is 5.75 Å². The Hall–Kier alpha value is -1.26. The monoisotopic (exact) mass is 750 g/mol. The molecular weight excluding hydrogens is 701 g/mol. The van der Waals surface area contributed by atoms with Crippen LogP contribution in [0.1, 0.15) is 38.1 Å². The van der Waals surface area contributed by atoms with Crippen molar-refractivity contribution in [1.29, 1.82) is 0 Å². The molecule has 1 heterocycles. The number of hydrogen-bond donors (Lipinski definition) is 1. The molecule has 19 heteroatoms. The molecule has 0 aliphatic heterocycles. The molecule has 1 rings (SSSR count). The van der Waals surface area contributed by atoms with Gasteiger partial charge in [-0.25, -0.2) is 0 Å². The third-order valence-corrected chi connectivity index (χ3v) is 9.33. The topological polar surface area (TPSA) is 184 Å². The number of carbonyl (C=O) groups is 1. The molecular formula is C28H50N2O13S4. The summed E-state index contributed by atoms with van der Waals surface area (Å²) < 4.78 is 87.8. The molecule has 0 atom stereocenters. The van der Waals surface area contributed by atoms with Crippen LogP contribution in [-0.4, -0.2) is 130 Å². The van der Waals surface area contributed by atoms with Gasteiger partial charge in [-0.3, -0.25) is 18.1 Å². The maximum atomic E-state index is 11.9. The standard InChI is InChI=1S/C28H50N2O13S4/c1-28(2,45-44-3)7-6-27(31)29-8-9-36-10-11-37-12-13-38-14-15-39-16-17-40-18-19-41-26-20-24(22-42-46(4,32)33)30-25(21-26)23-43-47(5,34)35/h20-21H,6-19,22-23H2,1-5H3,(H,29,31). The number of hydrogen-bond acceptors (Lipinski definition) is 16. The minimum absolute atomic E-state index is 0.0373. The Bertz CT molecular complexity index is 1160. The molecule has 274 valence electrons. The summed E-state index contributed by atoms with van der Waals surface area (Å²) in [6.07, 6.45) is 5.18. The first kappa shape index (κ1) is 43.8. The Labute approximate surface area is 287 Å². The number of ether oxygens (including phenoxy) is 6. The number of nitrogens with zero attached hydrogens (tertiary/aromatic N) is 1. The summed E-state index contributed by atoms with van der Waals surface area (Å²) in [4.78, 5) is 16.1. The SMILES string of the molecule is CSSC(C)(C)CCC(=O)NCCOCCOCCOCCOCCOCCOc1cc(COS(C)(=O)=O)nc(COS(C)(=O)=O)c1. The van der Waals surface area contributed by atoms with Gasteiger partial charge in [0.2, 0.25) is 5.91 Å². The van der Waals surface area contributed by atoms with Crippen LogP contribution in [0.25, 0.3) is 0 Å². The number of carbonyl (C=O) groups excluding carboxylic acids is 1. The number of rotatable bonds is 30. The Morgan fingerprint density at radius 2 is 1.17 bits per heavy atom. The molecule has 15 nitrogen and oxygen atoms in total. The zero-order valence-electron chi connectivity index (χ0n) is 27.9. The van der Waals surface area contributed by atoms with Crippen LogP contribution in [0.4, 0.5) is 0 Å². The highest BCUT2D eigenvalue weighted by Gasteiger charge is 2.19. The van der Waals surface area contributed by atoms with E-state index in [0.717, 1.165) is 18.9 Å². The van der Waals surface area contributed by atoms with Gasteiger partial charge in [-0.1, -0.05) is 21.6 Å². The number of amides is 1. The van der Waals surface area contributed by atoms with Gasteiger partial charge < -0.3 is 33.7 Å². The molecule has 0 bridgehead atoms. The molecule has 0 aliphatic carbocycles. The van der Waals surface area contributed by atoms with Gasteiger partial charge >= 0.3 is 0 Å². The smallest absolute Gasteiger partial charge is 0.264 e. The Kier molecular flexibility index (Phi) is 23.1. The van der Waals surface area contributed by atoms with Crippen LogP contribution in [-0.2, 0) is 70.3 Å². The van der Waals surface area contributed by atoms with E-state index in [1.165, 1.54) is 12.1 Å². The Morgan fingerprint density at radius 3 is 1.60 bits per heavy atom. The molecule has 0 saturated heterocycles. The van der Waals surface area contributed by atoms with E-state index < -0.39 is 20.2 Å². The summed E-state index contributed by atoms with van der Waals surface area (Å²) in [5, 5.41) is 2.87. The van der Waals surface area contributed by atoms with E-state index in [9.17, 15) is 21.6 Å². The lowest BCUT2D eigenvalue weighted by atomic mass is 10.1. The second-order valence-electron chi connectivity index (χ2n) is 10.5. The Morgan fingerprint density at radius 1 is 0.745 bits per heavy atom. The molecule has 0 radical (unpaired) electrons. The molecule has 1 aromatic heterocycles. The summed E-state index contributed by atoms with van der Waals surface area (Å²) in [5.74, 6) is 0.361. The third-order valence-electron chi connectivity index (χ3n) is 5.56. The van der Waals surface area contributed by atoms with Crippen molar-refractivity contribution in [2.45, 2.75) is 44.6 Å². The highest BCUT2D eigenvalue weighted by Crippen LogP contribution is 2.36. The van der Waals surface area contributed by atoms with Crippen molar-refractivity contribution >= 4 is 47.7 Å². The van der Waals surface area contributed by atoms with Crippen molar-refractivity contribution in [2.75, 3.05) is 98.0 Å². The van der Waals surface area contributed by atoms with Gasteiger partial charge in [0.1, 0.15) is 25.6 Å². The van der Waals surface area contributed by atoms with Gasteiger partial charge in [0, 0.05) is 29.8 Å². The molecule has 0 saturated carbocycles. The highest BCUT2D eigenvalue weighted by atomic mass is 33.1. The average Bonchev–Trinajstić information content (AvgIpc) is 2.98. The van der Waals surface area contributed by atoms with E-state index in [4.69, 9.17) is 36.8 Å². The van der Waals surface area contributed by atoms with Crippen molar-refractivity contribution in [2.24, 2.45) is 0 Å². The lowest BCUT2D eigenvalue weighted by Gasteiger charge is -2.21.